The van der Waals surface area contributed by atoms with Crippen molar-refractivity contribution in [3.63, 3.8) is 0 Å². The Kier molecular flexibility index (Phi) is 4.18. The van der Waals surface area contributed by atoms with Gasteiger partial charge in [0.05, 0.1) is 10.2 Å². The number of rotatable bonds is 5. The summed E-state index contributed by atoms with van der Waals surface area (Å²) in [7, 11) is 0. The lowest BCUT2D eigenvalue weighted by atomic mass is 10.1. The first-order valence-corrected chi connectivity index (χ1v) is 7.97. The largest absolute Gasteiger partial charge is 0.375 e. The van der Waals surface area contributed by atoms with E-state index in [2.05, 4.69) is 65.3 Å². The molecule has 0 aliphatic carbocycles. The van der Waals surface area contributed by atoms with Crippen molar-refractivity contribution in [2.24, 2.45) is 0 Å². The topological polar surface area (TPSA) is 42.2 Å². The molecule has 0 aliphatic heterocycles. The van der Waals surface area contributed by atoms with Gasteiger partial charge in [0.15, 0.2) is 5.13 Å². The third-order valence-corrected chi connectivity index (χ3v) is 4.42. The molecule has 0 amide bonds. The van der Waals surface area contributed by atoms with Crippen LogP contribution in [0.4, 0.5) is 5.13 Å². The Morgan fingerprint density at radius 1 is 1.05 bits per heavy atom. The molecule has 21 heavy (non-hydrogen) atoms. The highest BCUT2D eigenvalue weighted by Crippen LogP contribution is 2.25. The van der Waals surface area contributed by atoms with Gasteiger partial charge in [0.25, 0.3) is 0 Å². The SMILES string of the molecule is CCN(Cc1ccccc1)Cc1ccc2nc(N)sc2c1. The number of hydrogen-bond donors (Lipinski definition) is 1. The van der Waals surface area contributed by atoms with Crippen molar-refractivity contribution < 1.29 is 0 Å². The molecular formula is C17H19N3S. The molecule has 1 aromatic heterocycles. The monoisotopic (exact) mass is 297 g/mol. The smallest absolute Gasteiger partial charge is 0.181 e. The minimum atomic E-state index is 0.638. The van der Waals surface area contributed by atoms with Gasteiger partial charge in [-0.1, -0.05) is 54.7 Å². The highest BCUT2D eigenvalue weighted by Gasteiger charge is 2.07. The third-order valence-electron chi connectivity index (χ3n) is 3.57. The molecule has 1 heterocycles. The predicted octanol–water partition coefficient (Wildman–Crippen LogP) is 3.90. The number of aromatic nitrogens is 1. The summed E-state index contributed by atoms with van der Waals surface area (Å²) >= 11 is 1.55. The van der Waals surface area contributed by atoms with Gasteiger partial charge < -0.3 is 5.73 Å². The second-order valence-electron chi connectivity index (χ2n) is 5.14. The molecule has 0 atom stereocenters. The van der Waals surface area contributed by atoms with Crippen molar-refractivity contribution in [1.82, 2.24) is 9.88 Å². The summed E-state index contributed by atoms with van der Waals surface area (Å²) in [5.74, 6) is 0. The van der Waals surface area contributed by atoms with Gasteiger partial charge in [0.2, 0.25) is 0 Å². The Labute approximate surface area is 129 Å². The fourth-order valence-electron chi connectivity index (χ4n) is 2.46. The van der Waals surface area contributed by atoms with Crippen LogP contribution in [0.25, 0.3) is 10.2 Å². The molecule has 0 unspecified atom stereocenters. The number of nitrogens with zero attached hydrogens (tertiary/aromatic N) is 2. The fraction of sp³-hybridized carbons (Fsp3) is 0.235. The van der Waals surface area contributed by atoms with Gasteiger partial charge in [0, 0.05) is 13.1 Å². The number of hydrogen-bond acceptors (Lipinski definition) is 4. The van der Waals surface area contributed by atoms with Crippen LogP contribution in [0.5, 0.6) is 0 Å². The zero-order chi connectivity index (χ0) is 14.7. The number of nitrogen functional groups attached to an aromatic ring is 1. The molecule has 0 bridgehead atoms. The summed E-state index contributed by atoms with van der Waals surface area (Å²) in [6.07, 6.45) is 0. The predicted molar refractivity (Wildman–Crippen MR) is 90.3 cm³/mol. The van der Waals surface area contributed by atoms with Crippen LogP contribution in [0.1, 0.15) is 18.1 Å². The number of thiazole rings is 1. The Morgan fingerprint density at radius 2 is 1.81 bits per heavy atom. The summed E-state index contributed by atoms with van der Waals surface area (Å²) in [5.41, 5.74) is 9.42. The van der Waals surface area contributed by atoms with E-state index in [9.17, 15) is 0 Å². The molecule has 2 aromatic carbocycles. The van der Waals surface area contributed by atoms with Crippen molar-refractivity contribution in [3.05, 3.63) is 59.7 Å². The molecule has 3 aromatic rings. The van der Waals surface area contributed by atoms with E-state index in [0.717, 1.165) is 25.2 Å². The molecule has 2 N–H and O–H groups in total. The van der Waals surface area contributed by atoms with E-state index in [1.165, 1.54) is 15.8 Å². The van der Waals surface area contributed by atoms with Crippen LogP contribution >= 0.6 is 11.3 Å². The zero-order valence-corrected chi connectivity index (χ0v) is 12.9. The van der Waals surface area contributed by atoms with Crippen LogP contribution in [0.15, 0.2) is 48.5 Å². The third kappa shape index (κ3) is 3.40. The molecule has 0 aliphatic rings. The first-order chi connectivity index (χ1) is 10.2. The lowest BCUT2D eigenvalue weighted by molar-refractivity contribution is 0.271. The first-order valence-electron chi connectivity index (χ1n) is 7.16. The van der Waals surface area contributed by atoms with Crippen molar-refractivity contribution in [1.29, 1.82) is 0 Å². The van der Waals surface area contributed by atoms with Gasteiger partial charge in [-0.2, -0.15) is 0 Å². The second-order valence-corrected chi connectivity index (χ2v) is 6.21. The number of anilines is 1. The van der Waals surface area contributed by atoms with Gasteiger partial charge in [-0.3, -0.25) is 4.90 Å². The molecule has 4 heteroatoms. The number of benzene rings is 2. The van der Waals surface area contributed by atoms with E-state index in [1.807, 2.05) is 0 Å². The average Bonchev–Trinajstić information content (AvgIpc) is 2.87. The van der Waals surface area contributed by atoms with E-state index in [0.29, 0.717) is 5.13 Å². The van der Waals surface area contributed by atoms with Crippen molar-refractivity contribution >= 4 is 26.7 Å². The maximum absolute atomic E-state index is 5.77. The van der Waals surface area contributed by atoms with Gasteiger partial charge in [-0.05, 0) is 29.8 Å². The molecule has 3 nitrogen and oxygen atoms in total. The Hall–Kier alpha value is -1.91. The average molecular weight is 297 g/mol. The highest BCUT2D eigenvalue weighted by molar-refractivity contribution is 7.22. The normalized spacial score (nSPS) is 11.3. The van der Waals surface area contributed by atoms with Gasteiger partial charge in [-0.15, -0.1) is 0 Å². The Balaban J connectivity index is 1.75. The molecule has 0 saturated carbocycles. The molecule has 0 saturated heterocycles. The summed E-state index contributed by atoms with van der Waals surface area (Å²) in [4.78, 5) is 6.74. The van der Waals surface area contributed by atoms with Crippen LogP contribution in [-0.4, -0.2) is 16.4 Å². The molecule has 0 radical (unpaired) electrons. The lowest BCUT2D eigenvalue weighted by Gasteiger charge is -2.20. The molecule has 3 rings (SSSR count). The Bertz CT molecular complexity index is 721. The van der Waals surface area contributed by atoms with Gasteiger partial charge >= 0.3 is 0 Å². The van der Waals surface area contributed by atoms with Gasteiger partial charge in [0.1, 0.15) is 0 Å². The van der Waals surface area contributed by atoms with Crippen LogP contribution in [0.2, 0.25) is 0 Å². The summed E-state index contributed by atoms with van der Waals surface area (Å²) in [5, 5.41) is 0.638. The summed E-state index contributed by atoms with van der Waals surface area (Å²) in [6.45, 7) is 5.14. The van der Waals surface area contributed by atoms with Crippen molar-refractivity contribution in [2.75, 3.05) is 12.3 Å². The summed E-state index contributed by atoms with van der Waals surface area (Å²) in [6, 6.07) is 17.0. The van der Waals surface area contributed by atoms with E-state index >= 15 is 0 Å². The Morgan fingerprint density at radius 3 is 2.57 bits per heavy atom. The molecular weight excluding hydrogens is 278 g/mol. The number of nitrogens with two attached hydrogens (primary N) is 1. The van der Waals surface area contributed by atoms with Crippen LogP contribution < -0.4 is 5.73 Å². The zero-order valence-electron chi connectivity index (χ0n) is 12.1. The maximum Gasteiger partial charge on any atom is 0.181 e. The standard InChI is InChI=1S/C17H19N3S/c1-2-20(11-13-6-4-3-5-7-13)12-14-8-9-15-16(10-14)21-17(18)19-15/h3-10H,2,11-12H2,1H3,(H2,18,19). The first kappa shape index (κ1) is 14.0. The molecule has 0 spiro atoms. The minimum Gasteiger partial charge on any atom is -0.375 e. The van der Waals surface area contributed by atoms with Crippen LogP contribution in [-0.2, 0) is 13.1 Å². The second kappa shape index (κ2) is 6.24. The van der Waals surface area contributed by atoms with E-state index in [1.54, 1.807) is 11.3 Å². The van der Waals surface area contributed by atoms with E-state index < -0.39 is 0 Å². The quantitative estimate of drug-likeness (QED) is 0.776. The van der Waals surface area contributed by atoms with Crippen molar-refractivity contribution in [3.8, 4) is 0 Å². The van der Waals surface area contributed by atoms with Crippen LogP contribution in [0.3, 0.4) is 0 Å². The van der Waals surface area contributed by atoms with Crippen molar-refractivity contribution in [2.45, 2.75) is 20.0 Å². The maximum atomic E-state index is 5.77. The van der Waals surface area contributed by atoms with E-state index in [4.69, 9.17) is 5.73 Å². The number of fused-ring (bicyclic) bond motifs is 1. The van der Waals surface area contributed by atoms with Crippen LogP contribution in [0, 0.1) is 0 Å². The molecule has 0 fully saturated rings. The fourth-order valence-corrected chi connectivity index (χ4v) is 3.26. The lowest BCUT2D eigenvalue weighted by Crippen LogP contribution is -2.22. The molecule has 108 valence electrons. The minimum absolute atomic E-state index is 0.638. The van der Waals surface area contributed by atoms with Gasteiger partial charge in [-0.25, -0.2) is 4.98 Å². The highest BCUT2D eigenvalue weighted by atomic mass is 32.1. The van der Waals surface area contributed by atoms with E-state index in [-0.39, 0.29) is 0 Å². The summed E-state index contributed by atoms with van der Waals surface area (Å²) < 4.78 is 1.17.